The molecule has 0 fully saturated rings. The van der Waals surface area contributed by atoms with Crippen LogP contribution in [0.25, 0.3) is 11.3 Å². The van der Waals surface area contributed by atoms with E-state index in [9.17, 15) is 0 Å². The van der Waals surface area contributed by atoms with Crippen LogP contribution < -0.4 is 14.5 Å². The molecule has 0 saturated heterocycles. The lowest BCUT2D eigenvalue weighted by Gasteiger charge is -2.15. The lowest BCUT2D eigenvalue weighted by Crippen LogP contribution is -2.09. The van der Waals surface area contributed by atoms with Crippen molar-refractivity contribution in [1.29, 1.82) is 0 Å². The molecule has 2 heterocycles. The van der Waals surface area contributed by atoms with Gasteiger partial charge in [-0.1, -0.05) is 46.3 Å². The summed E-state index contributed by atoms with van der Waals surface area (Å²) in [5, 5.41) is 9.41. The number of benzene rings is 3. The number of fused-ring (bicyclic) bond motifs is 1. The van der Waals surface area contributed by atoms with Gasteiger partial charge in [0.25, 0.3) is 0 Å². The van der Waals surface area contributed by atoms with Crippen LogP contribution in [0.5, 0.6) is 11.5 Å². The summed E-state index contributed by atoms with van der Waals surface area (Å²) in [4.78, 5) is 4.83. The van der Waals surface area contributed by atoms with E-state index in [1.807, 2.05) is 83.2 Å². The average molecular weight is 559 g/mol. The minimum absolute atomic E-state index is 0. The topological polar surface area (TPSA) is 47.0 Å². The van der Waals surface area contributed by atoms with Gasteiger partial charge in [0.2, 0.25) is 11.9 Å². The van der Waals surface area contributed by atoms with Gasteiger partial charge in [0.1, 0.15) is 0 Å². The van der Waals surface area contributed by atoms with Gasteiger partial charge in [0.05, 0.1) is 17.6 Å². The normalized spacial score (nSPS) is 12.0. The molecular formula is C23H17Br2N3O2S. The van der Waals surface area contributed by atoms with Gasteiger partial charge in [-0.05, 0) is 48.0 Å². The number of anilines is 2. The zero-order valence-corrected chi connectivity index (χ0v) is 20.3. The maximum atomic E-state index is 5.46. The van der Waals surface area contributed by atoms with Crippen LogP contribution in [0.15, 0.2) is 87.8 Å². The summed E-state index contributed by atoms with van der Waals surface area (Å²) in [5.74, 6) is 1.49. The molecule has 5 rings (SSSR count). The summed E-state index contributed by atoms with van der Waals surface area (Å²) in [6, 6.07) is 23.9. The molecule has 0 atom stereocenters. The molecule has 3 aromatic carbocycles. The summed E-state index contributed by atoms with van der Waals surface area (Å²) in [5.41, 5.74) is 3.84. The van der Waals surface area contributed by atoms with Crippen LogP contribution in [0.2, 0.25) is 0 Å². The van der Waals surface area contributed by atoms with Gasteiger partial charge >= 0.3 is 0 Å². The molecular weight excluding hydrogens is 542 g/mol. The Balaban J connectivity index is 0.00000231. The summed E-state index contributed by atoms with van der Waals surface area (Å²) in [7, 11) is 0. The summed E-state index contributed by atoms with van der Waals surface area (Å²) in [6.45, 7) is 0.254. The van der Waals surface area contributed by atoms with Crippen molar-refractivity contribution in [2.45, 2.75) is 0 Å². The lowest BCUT2D eigenvalue weighted by atomic mass is 10.2. The van der Waals surface area contributed by atoms with Gasteiger partial charge in [-0.2, -0.15) is 5.10 Å². The maximum absolute atomic E-state index is 5.46. The first kappa shape index (κ1) is 21.5. The Hall–Kier alpha value is -2.68. The quantitative estimate of drug-likeness (QED) is 0.194. The number of aromatic nitrogens is 1. The zero-order valence-electron chi connectivity index (χ0n) is 16.1. The monoisotopic (exact) mass is 557 g/mol. The van der Waals surface area contributed by atoms with Gasteiger partial charge in [0, 0.05) is 15.4 Å². The van der Waals surface area contributed by atoms with Crippen molar-refractivity contribution in [1.82, 2.24) is 4.98 Å². The van der Waals surface area contributed by atoms with E-state index < -0.39 is 0 Å². The van der Waals surface area contributed by atoms with Crippen molar-refractivity contribution in [2.24, 2.45) is 5.10 Å². The molecule has 4 aromatic rings. The van der Waals surface area contributed by atoms with E-state index >= 15 is 0 Å². The number of para-hydroxylation sites is 1. The van der Waals surface area contributed by atoms with E-state index in [0.717, 1.165) is 43.6 Å². The van der Waals surface area contributed by atoms with Gasteiger partial charge in [-0.25, -0.2) is 9.99 Å². The molecule has 1 aliphatic rings. The standard InChI is InChI=1S/C23H16BrN3O2S.BrH/c24-18-9-7-17(8-10-18)20-14-30-23(26-20)27(19-4-2-1-3-5-19)25-13-16-6-11-21-22(12-16)29-15-28-21;/h1-14H,15H2;1H/b25-13+;. The van der Waals surface area contributed by atoms with Crippen LogP contribution in [0.3, 0.4) is 0 Å². The molecule has 1 aliphatic heterocycles. The number of rotatable bonds is 5. The van der Waals surface area contributed by atoms with E-state index in [1.165, 1.54) is 0 Å². The number of hydrazone groups is 1. The molecule has 1 aromatic heterocycles. The van der Waals surface area contributed by atoms with Crippen molar-refractivity contribution in [3.63, 3.8) is 0 Å². The van der Waals surface area contributed by atoms with E-state index in [0.29, 0.717) is 0 Å². The maximum Gasteiger partial charge on any atom is 0.231 e. The van der Waals surface area contributed by atoms with Crippen molar-refractivity contribution in [2.75, 3.05) is 11.8 Å². The van der Waals surface area contributed by atoms with Gasteiger partial charge in [-0.15, -0.1) is 28.3 Å². The molecule has 0 radical (unpaired) electrons. The Morgan fingerprint density at radius 1 is 0.968 bits per heavy atom. The number of ether oxygens (including phenoxy) is 2. The summed E-state index contributed by atoms with van der Waals surface area (Å²) < 4.78 is 11.9. The zero-order chi connectivity index (χ0) is 20.3. The Bertz CT molecular complexity index is 1200. The smallest absolute Gasteiger partial charge is 0.231 e. The van der Waals surface area contributed by atoms with Crippen LogP contribution in [-0.2, 0) is 0 Å². The molecule has 0 spiro atoms. The number of thiazole rings is 1. The molecule has 0 unspecified atom stereocenters. The SMILES string of the molecule is Br.Brc1ccc(-c2csc(N(/N=C/c3ccc4c(c3)OCO4)c3ccccc3)n2)cc1. The lowest BCUT2D eigenvalue weighted by molar-refractivity contribution is 0.174. The molecule has 0 aliphatic carbocycles. The molecule has 0 N–H and O–H groups in total. The second-order valence-electron chi connectivity index (χ2n) is 6.53. The second-order valence-corrected chi connectivity index (χ2v) is 8.28. The number of hydrogen-bond acceptors (Lipinski definition) is 6. The average Bonchev–Trinajstić information content (AvgIpc) is 3.45. The minimum atomic E-state index is 0. The highest BCUT2D eigenvalue weighted by Crippen LogP contribution is 2.34. The Morgan fingerprint density at radius 2 is 1.74 bits per heavy atom. The van der Waals surface area contributed by atoms with Crippen LogP contribution in [-0.4, -0.2) is 18.0 Å². The van der Waals surface area contributed by atoms with Gasteiger partial charge in [-0.3, -0.25) is 0 Å². The number of nitrogens with zero attached hydrogens (tertiary/aromatic N) is 3. The first-order valence-corrected chi connectivity index (χ1v) is 10.9. The van der Waals surface area contributed by atoms with Crippen LogP contribution in [0, 0.1) is 0 Å². The van der Waals surface area contributed by atoms with Gasteiger partial charge in [0.15, 0.2) is 11.5 Å². The minimum Gasteiger partial charge on any atom is -0.454 e. The van der Waals surface area contributed by atoms with Crippen LogP contribution in [0.4, 0.5) is 10.8 Å². The summed E-state index contributed by atoms with van der Waals surface area (Å²) in [6.07, 6.45) is 1.80. The molecule has 5 nitrogen and oxygen atoms in total. The van der Waals surface area contributed by atoms with E-state index in [2.05, 4.69) is 15.9 Å². The third-order valence-electron chi connectivity index (χ3n) is 4.53. The van der Waals surface area contributed by atoms with E-state index in [1.54, 1.807) is 17.6 Å². The fourth-order valence-electron chi connectivity index (χ4n) is 3.03. The fraction of sp³-hybridized carbons (Fsp3) is 0.0435. The highest BCUT2D eigenvalue weighted by Gasteiger charge is 2.15. The van der Waals surface area contributed by atoms with Crippen molar-refractivity contribution in [3.05, 3.63) is 88.2 Å². The van der Waals surface area contributed by atoms with Crippen molar-refractivity contribution >= 4 is 61.3 Å². The largest absolute Gasteiger partial charge is 0.454 e. The second kappa shape index (κ2) is 9.64. The van der Waals surface area contributed by atoms with Crippen LogP contribution in [0.1, 0.15) is 5.56 Å². The number of halogens is 2. The third-order valence-corrected chi connectivity index (χ3v) is 5.88. The molecule has 0 saturated carbocycles. The molecule has 156 valence electrons. The fourth-order valence-corrected chi connectivity index (χ4v) is 4.10. The van der Waals surface area contributed by atoms with Crippen molar-refractivity contribution in [3.8, 4) is 22.8 Å². The van der Waals surface area contributed by atoms with E-state index in [4.69, 9.17) is 19.6 Å². The first-order chi connectivity index (χ1) is 14.8. The number of hydrogen-bond donors (Lipinski definition) is 0. The Labute approximate surface area is 202 Å². The molecule has 0 bridgehead atoms. The Morgan fingerprint density at radius 3 is 2.55 bits per heavy atom. The molecule has 0 amide bonds. The van der Waals surface area contributed by atoms with Gasteiger partial charge < -0.3 is 9.47 Å². The van der Waals surface area contributed by atoms with E-state index in [-0.39, 0.29) is 23.8 Å². The van der Waals surface area contributed by atoms with Crippen molar-refractivity contribution < 1.29 is 9.47 Å². The Kier molecular flexibility index (Phi) is 6.70. The predicted molar refractivity (Wildman–Crippen MR) is 134 cm³/mol. The summed E-state index contributed by atoms with van der Waals surface area (Å²) >= 11 is 5.03. The first-order valence-electron chi connectivity index (χ1n) is 9.26. The molecule has 31 heavy (non-hydrogen) atoms. The molecule has 8 heteroatoms. The highest BCUT2D eigenvalue weighted by atomic mass is 79.9. The highest BCUT2D eigenvalue weighted by molar-refractivity contribution is 9.10. The van der Waals surface area contributed by atoms with Crippen LogP contribution >= 0.6 is 44.2 Å². The predicted octanol–water partition coefficient (Wildman–Crippen LogP) is 7.05. The third kappa shape index (κ3) is 4.81.